The van der Waals surface area contributed by atoms with Crippen molar-refractivity contribution in [1.82, 2.24) is 24.3 Å². The molecule has 0 aliphatic heterocycles. The predicted octanol–water partition coefficient (Wildman–Crippen LogP) is 2.62. The number of hydrogen-bond acceptors (Lipinski definition) is 7. The molecule has 0 unspecified atom stereocenters. The molecule has 28 heavy (non-hydrogen) atoms. The quantitative estimate of drug-likeness (QED) is 0.395. The van der Waals surface area contributed by atoms with Crippen LogP contribution in [-0.2, 0) is 5.75 Å². The molecule has 0 atom stereocenters. The predicted molar refractivity (Wildman–Crippen MR) is 108 cm³/mol. The third kappa shape index (κ3) is 3.41. The molecule has 0 fully saturated rings. The molecule has 0 bridgehead atoms. The largest absolute Gasteiger partial charge is 0.496 e. The lowest BCUT2D eigenvalue weighted by atomic mass is 10.2. The molecule has 3 heterocycles. The van der Waals surface area contributed by atoms with E-state index in [4.69, 9.17) is 22.2 Å². The first-order chi connectivity index (χ1) is 13.6. The zero-order chi connectivity index (χ0) is 19.7. The highest BCUT2D eigenvalue weighted by Gasteiger charge is 2.16. The molecule has 0 radical (unpaired) electrons. The Hall–Kier alpha value is -3.04. The van der Waals surface area contributed by atoms with Crippen molar-refractivity contribution >= 4 is 29.0 Å². The number of rotatable bonds is 5. The Morgan fingerprint density at radius 3 is 2.86 bits per heavy atom. The van der Waals surface area contributed by atoms with Gasteiger partial charge in [-0.1, -0.05) is 35.5 Å². The molecule has 0 saturated carbocycles. The smallest absolute Gasteiger partial charge is 0.258 e. The van der Waals surface area contributed by atoms with Crippen LogP contribution in [0.2, 0.25) is 5.02 Å². The molecule has 1 aromatic carbocycles. The van der Waals surface area contributed by atoms with E-state index in [2.05, 4.69) is 15.2 Å². The van der Waals surface area contributed by atoms with Crippen LogP contribution < -0.4 is 16.1 Å². The van der Waals surface area contributed by atoms with E-state index in [-0.39, 0.29) is 5.56 Å². The van der Waals surface area contributed by atoms with Gasteiger partial charge >= 0.3 is 0 Å². The molecule has 0 saturated heterocycles. The fourth-order valence-corrected chi connectivity index (χ4v) is 3.64. The maximum atomic E-state index is 12.3. The number of pyridine rings is 1. The monoisotopic (exact) mass is 414 g/mol. The summed E-state index contributed by atoms with van der Waals surface area (Å²) in [6, 6.07) is 12.3. The van der Waals surface area contributed by atoms with Crippen molar-refractivity contribution in [3.05, 3.63) is 69.7 Å². The summed E-state index contributed by atoms with van der Waals surface area (Å²) in [7, 11) is 1.59. The maximum Gasteiger partial charge on any atom is 0.258 e. The van der Waals surface area contributed by atoms with Gasteiger partial charge in [0.2, 0.25) is 5.16 Å². The van der Waals surface area contributed by atoms with E-state index in [0.717, 1.165) is 5.56 Å². The lowest BCUT2D eigenvalue weighted by Gasteiger charge is -2.08. The highest BCUT2D eigenvalue weighted by molar-refractivity contribution is 7.98. The number of methoxy groups -OCH3 is 1. The summed E-state index contributed by atoms with van der Waals surface area (Å²) < 4.78 is 8.16. The van der Waals surface area contributed by atoms with Crippen molar-refractivity contribution in [3.63, 3.8) is 0 Å². The molecule has 0 aliphatic rings. The third-order valence-electron chi connectivity index (χ3n) is 4.04. The summed E-state index contributed by atoms with van der Waals surface area (Å²) in [4.78, 5) is 16.8. The van der Waals surface area contributed by atoms with Crippen LogP contribution in [0.5, 0.6) is 5.75 Å². The number of nitrogens with zero attached hydrogens (tertiary/aromatic N) is 5. The number of benzene rings is 1. The fraction of sp³-hybridized carbons (Fsp3) is 0.111. The van der Waals surface area contributed by atoms with Crippen molar-refractivity contribution in [2.24, 2.45) is 0 Å². The first-order valence-corrected chi connectivity index (χ1v) is 9.57. The Bertz CT molecular complexity index is 1220. The van der Waals surface area contributed by atoms with E-state index in [1.165, 1.54) is 26.9 Å². The number of para-hydroxylation sites is 1. The van der Waals surface area contributed by atoms with Gasteiger partial charge in [0.15, 0.2) is 5.82 Å². The van der Waals surface area contributed by atoms with Crippen LogP contribution in [0, 0.1) is 0 Å². The van der Waals surface area contributed by atoms with Crippen LogP contribution in [0.15, 0.2) is 58.6 Å². The Balaban J connectivity index is 1.60. The minimum Gasteiger partial charge on any atom is -0.496 e. The normalized spacial score (nSPS) is 11.1. The Morgan fingerprint density at radius 2 is 2.04 bits per heavy atom. The number of aromatic nitrogens is 5. The van der Waals surface area contributed by atoms with E-state index >= 15 is 0 Å². The minimum absolute atomic E-state index is 0.202. The van der Waals surface area contributed by atoms with Gasteiger partial charge in [-0.05, 0) is 24.3 Å². The molecule has 0 spiro atoms. The Morgan fingerprint density at radius 1 is 1.21 bits per heavy atom. The number of fused-ring (bicyclic) bond motifs is 1. The summed E-state index contributed by atoms with van der Waals surface area (Å²) in [5.41, 5.74) is 1.67. The molecule has 10 heteroatoms. The second-order valence-electron chi connectivity index (χ2n) is 5.83. The zero-order valence-electron chi connectivity index (χ0n) is 14.7. The molecular weight excluding hydrogens is 400 g/mol. The van der Waals surface area contributed by atoms with E-state index in [0.29, 0.717) is 38.8 Å². The summed E-state index contributed by atoms with van der Waals surface area (Å²) in [5.74, 6) is 7.73. The zero-order valence-corrected chi connectivity index (χ0v) is 16.3. The van der Waals surface area contributed by atoms with Crippen LogP contribution in [-0.4, -0.2) is 31.4 Å². The first-order valence-electron chi connectivity index (χ1n) is 8.21. The minimum atomic E-state index is -0.202. The summed E-state index contributed by atoms with van der Waals surface area (Å²) in [6.45, 7) is 0. The van der Waals surface area contributed by atoms with Gasteiger partial charge in [0.1, 0.15) is 11.4 Å². The molecule has 2 N–H and O–H groups in total. The molecule has 0 aliphatic carbocycles. The van der Waals surface area contributed by atoms with Crippen LogP contribution in [0.4, 0.5) is 0 Å². The van der Waals surface area contributed by atoms with E-state index < -0.39 is 0 Å². The first kappa shape index (κ1) is 18.3. The van der Waals surface area contributed by atoms with Crippen molar-refractivity contribution < 1.29 is 4.74 Å². The van der Waals surface area contributed by atoms with E-state index in [1.807, 2.05) is 24.3 Å². The van der Waals surface area contributed by atoms with E-state index in [9.17, 15) is 4.79 Å². The number of hydrogen-bond donors (Lipinski definition) is 1. The number of nitrogen functional groups attached to an aromatic ring is 1. The molecule has 4 rings (SSSR count). The van der Waals surface area contributed by atoms with Crippen molar-refractivity contribution in [2.45, 2.75) is 10.9 Å². The second-order valence-corrected chi connectivity index (χ2v) is 7.21. The van der Waals surface area contributed by atoms with Gasteiger partial charge in [-0.3, -0.25) is 9.20 Å². The number of thioether (sulfide) groups is 1. The topological polar surface area (TPSA) is 100 Å². The third-order valence-corrected chi connectivity index (χ3v) is 5.24. The summed E-state index contributed by atoms with van der Waals surface area (Å²) in [5, 5.41) is 9.29. The summed E-state index contributed by atoms with van der Waals surface area (Å²) >= 11 is 7.27. The molecule has 142 valence electrons. The molecule has 8 nitrogen and oxygen atoms in total. The molecular formula is C18H15ClN6O2S. The molecule has 3 aromatic heterocycles. The van der Waals surface area contributed by atoms with Crippen LogP contribution in [0.1, 0.15) is 5.69 Å². The number of halogens is 1. The maximum absolute atomic E-state index is 12.3. The van der Waals surface area contributed by atoms with Gasteiger partial charge in [0, 0.05) is 18.0 Å². The van der Waals surface area contributed by atoms with Gasteiger partial charge in [-0.2, -0.15) is 0 Å². The highest BCUT2D eigenvalue weighted by Crippen LogP contribution is 2.30. The molecule has 0 amide bonds. The fourth-order valence-electron chi connectivity index (χ4n) is 2.73. The van der Waals surface area contributed by atoms with Gasteiger partial charge < -0.3 is 10.6 Å². The van der Waals surface area contributed by atoms with Gasteiger partial charge in [0.25, 0.3) is 5.56 Å². The van der Waals surface area contributed by atoms with Crippen LogP contribution in [0.25, 0.3) is 17.0 Å². The van der Waals surface area contributed by atoms with Crippen molar-refractivity contribution in [3.8, 4) is 17.1 Å². The second kappa shape index (κ2) is 7.53. The SMILES string of the molecule is COc1ccccc1-c1nnc(SCc2cc(=O)n3cc(Cl)ccc3n2)n1N. The van der Waals surface area contributed by atoms with Gasteiger partial charge in [-0.15, -0.1) is 10.2 Å². The number of ether oxygens (including phenoxy) is 1. The van der Waals surface area contributed by atoms with Gasteiger partial charge in [-0.25, -0.2) is 9.66 Å². The highest BCUT2D eigenvalue weighted by atomic mass is 35.5. The summed E-state index contributed by atoms with van der Waals surface area (Å²) in [6.07, 6.45) is 1.54. The van der Waals surface area contributed by atoms with Crippen LogP contribution >= 0.6 is 23.4 Å². The van der Waals surface area contributed by atoms with Crippen LogP contribution in [0.3, 0.4) is 0 Å². The van der Waals surface area contributed by atoms with Crippen molar-refractivity contribution in [1.29, 1.82) is 0 Å². The average molecular weight is 415 g/mol. The molecule has 4 aromatic rings. The van der Waals surface area contributed by atoms with Crippen molar-refractivity contribution in [2.75, 3.05) is 13.0 Å². The Kier molecular flexibility index (Phi) is 4.93. The average Bonchev–Trinajstić information content (AvgIpc) is 3.07. The lowest BCUT2D eigenvalue weighted by Crippen LogP contribution is -2.15. The Labute approximate surface area is 168 Å². The standard InChI is InChI=1S/C18H15ClN6O2S/c1-27-14-5-3-2-4-13(14)17-22-23-18(25(17)20)28-10-12-8-16(26)24-9-11(19)6-7-15(24)21-12/h2-9H,10,20H2,1H3. The lowest BCUT2D eigenvalue weighted by molar-refractivity contribution is 0.416. The van der Waals surface area contributed by atoms with E-state index in [1.54, 1.807) is 25.4 Å². The number of nitrogens with two attached hydrogens (primary N) is 1. The van der Waals surface area contributed by atoms with Gasteiger partial charge in [0.05, 0.1) is 23.4 Å².